The summed E-state index contributed by atoms with van der Waals surface area (Å²) in [5, 5.41) is 2.46. The Kier molecular flexibility index (Phi) is 3.23. The monoisotopic (exact) mass is 159 g/mol. The number of carbonyl (C=O) groups excluding carboxylic acids is 2. The first kappa shape index (κ1) is 10.1. The van der Waals surface area contributed by atoms with E-state index in [1.165, 1.54) is 6.92 Å². The zero-order valence-corrected chi connectivity index (χ0v) is 7.52. The Hall–Kier alpha value is -0.860. The van der Waals surface area contributed by atoms with Gasteiger partial charge in [-0.1, -0.05) is 20.8 Å². The average Bonchev–Trinajstić information content (AvgIpc) is 1.80. The molecule has 66 valence electrons. The highest BCUT2D eigenvalue weighted by Crippen LogP contribution is 2.13. The van der Waals surface area contributed by atoms with E-state index in [1.807, 2.05) is 20.8 Å². The molecule has 3 heteroatoms. The fourth-order valence-electron chi connectivity index (χ4n) is 0.470. The maximum Gasteiger partial charge on any atom is 0.217 e. The van der Waals surface area contributed by atoms with E-state index >= 15 is 0 Å². The molecule has 0 aromatic heterocycles. The first-order chi connectivity index (χ1) is 4.84. The third-order valence-electron chi connectivity index (χ3n) is 1.33. The second-order valence-electron chi connectivity index (χ2n) is 3.58. The second-order valence-corrected chi connectivity index (χ2v) is 3.58. The van der Waals surface area contributed by atoms with Crippen molar-refractivity contribution in [2.75, 3.05) is 6.54 Å². The summed E-state index contributed by atoms with van der Waals surface area (Å²) in [7, 11) is 0. The molecule has 0 spiro atoms. The van der Waals surface area contributed by atoms with Gasteiger partial charge in [-0.15, -0.1) is 0 Å². The number of carbonyl (C=O) groups is 2. The molecule has 0 aliphatic rings. The Balaban J connectivity index is 0. The lowest BCUT2D eigenvalue weighted by molar-refractivity contribution is -0.128. The maximum absolute atomic E-state index is 11.2. The van der Waals surface area contributed by atoms with Crippen molar-refractivity contribution in [2.24, 2.45) is 5.41 Å². The molecule has 0 aliphatic heterocycles. The molecule has 0 bridgehead atoms. The summed E-state index contributed by atoms with van der Waals surface area (Å²) in [5.41, 5.74) is -0.359. The number of ketones is 1. The first-order valence-corrected chi connectivity index (χ1v) is 3.62. The molecule has 0 atom stereocenters. The molecule has 0 aromatic carbocycles. The van der Waals surface area contributed by atoms with Gasteiger partial charge >= 0.3 is 0 Å². The van der Waals surface area contributed by atoms with Crippen molar-refractivity contribution in [3.05, 3.63) is 0 Å². The summed E-state index contributed by atoms with van der Waals surface area (Å²) < 4.78 is 0. The molecule has 0 saturated carbocycles. The summed E-state index contributed by atoms with van der Waals surface area (Å²) in [6.45, 7) is 7.03. The molecule has 0 heterocycles. The summed E-state index contributed by atoms with van der Waals surface area (Å²) in [6.07, 6.45) is 0. The van der Waals surface area contributed by atoms with Gasteiger partial charge in [-0.05, 0) is 0 Å². The maximum atomic E-state index is 11.2. The smallest absolute Gasteiger partial charge is 0.217 e. The van der Waals surface area contributed by atoms with Crippen LogP contribution >= 0.6 is 0 Å². The van der Waals surface area contributed by atoms with Gasteiger partial charge in [0.15, 0.2) is 5.78 Å². The van der Waals surface area contributed by atoms with Gasteiger partial charge in [0.2, 0.25) is 5.91 Å². The van der Waals surface area contributed by atoms with Gasteiger partial charge in [-0.25, -0.2) is 0 Å². The Bertz CT molecular complexity index is 172. The van der Waals surface area contributed by atoms with Crippen LogP contribution in [0, 0.1) is 5.41 Å². The van der Waals surface area contributed by atoms with E-state index in [0.717, 1.165) is 0 Å². The number of nitrogens with one attached hydrogen (secondary N) is 1. The molecule has 0 rings (SSSR count). The molecule has 0 fully saturated rings. The molecule has 1 amide bonds. The van der Waals surface area contributed by atoms with E-state index in [2.05, 4.69) is 5.32 Å². The van der Waals surface area contributed by atoms with E-state index < -0.39 is 0 Å². The normalized spacial score (nSPS) is 10.9. The zero-order chi connectivity index (χ0) is 9.07. The van der Waals surface area contributed by atoms with E-state index in [1.54, 1.807) is 0 Å². The van der Waals surface area contributed by atoms with Gasteiger partial charge in [0, 0.05) is 13.8 Å². The minimum Gasteiger partial charge on any atom is -0.349 e. The van der Waals surface area contributed by atoms with Crippen LogP contribution in [0.2, 0.25) is 0 Å². The zero-order valence-electron chi connectivity index (χ0n) is 7.52. The highest BCUT2D eigenvalue weighted by atomic mass is 16.2. The van der Waals surface area contributed by atoms with Crippen molar-refractivity contribution >= 4 is 11.7 Å². The third-order valence-corrected chi connectivity index (χ3v) is 1.33. The Labute approximate surface area is 68.7 Å². The molecular formula is C8H17NO2. The Morgan fingerprint density at radius 3 is 2.09 bits per heavy atom. The number of amides is 1. The van der Waals surface area contributed by atoms with Crippen LogP contribution < -0.4 is 5.32 Å². The molecule has 0 aliphatic carbocycles. The predicted molar refractivity (Wildman–Crippen MR) is 45.3 cm³/mol. The number of rotatable bonds is 2. The van der Waals surface area contributed by atoms with Crippen molar-refractivity contribution in [3.63, 3.8) is 0 Å². The number of hydrogen-bond acceptors (Lipinski definition) is 2. The minimum atomic E-state index is -0.359. The van der Waals surface area contributed by atoms with Crippen LogP contribution in [-0.4, -0.2) is 18.2 Å². The SMILES string of the molecule is CC(=O)NCC(=O)C(C)(C)C.[HH]. The van der Waals surface area contributed by atoms with Crippen molar-refractivity contribution in [1.82, 2.24) is 5.32 Å². The molecule has 0 radical (unpaired) electrons. The average molecular weight is 159 g/mol. The summed E-state index contributed by atoms with van der Waals surface area (Å²) >= 11 is 0. The lowest BCUT2D eigenvalue weighted by atomic mass is 9.91. The summed E-state index contributed by atoms with van der Waals surface area (Å²) in [6, 6.07) is 0. The van der Waals surface area contributed by atoms with Crippen LogP contribution in [0.4, 0.5) is 0 Å². The molecule has 1 N–H and O–H groups in total. The highest BCUT2D eigenvalue weighted by Gasteiger charge is 2.20. The van der Waals surface area contributed by atoms with Crippen LogP contribution in [0.1, 0.15) is 29.1 Å². The fourth-order valence-corrected chi connectivity index (χ4v) is 0.470. The van der Waals surface area contributed by atoms with E-state index in [9.17, 15) is 9.59 Å². The fraction of sp³-hybridized carbons (Fsp3) is 0.750. The molecule has 0 aromatic rings. The van der Waals surface area contributed by atoms with E-state index in [-0.39, 0.29) is 25.1 Å². The van der Waals surface area contributed by atoms with Crippen molar-refractivity contribution < 1.29 is 11.0 Å². The van der Waals surface area contributed by atoms with Crippen molar-refractivity contribution in [3.8, 4) is 0 Å². The quantitative estimate of drug-likeness (QED) is 0.653. The number of hydrogen-bond donors (Lipinski definition) is 1. The van der Waals surface area contributed by atoms with Gasteiger partial charge in [0.25, 0.3) is 0 Å². The van der Waals surface area contributed by atoms with E-state index in [4.69, 9.17) is 0 Å². The van der Waals surface area contributed by atoms with Gasteiger partial charge < -0.3 is 5.32 Å². The Morgan fingerprint density at radius 2 is 1.82 bits per heavy atom. The van der Waals surface area contributed by atoms with Crippen LogP contribution in [0.25, 0.3) is 0 Å². The van der Waals surface area contributed by atoms with Gasteiger partial charge in [-0.2, -0.15) is 0 Å². The first-order valence-electron chi connectivity index (χ1n) is 3.62. The number of Topliss-reactive ketones (excluding diaryl/α,β-unsaturated/α-hetero) is 1. The molecule has 11 heavy (non-hydrogen) atoms. The Morgan fingerprint density at radius 1 is 1.36 bits per heavy atom. The van der Waals surface area contributed by atoms with Crippen LogP contribution in [0.3, 0.4) is 0 Å². The van der Waals surface area contributed by atoms with E-state index in [0.29, 0.717) is 0 Å². The largest absolute Gasteiger partial charge is 0.349 e. The van der Waals surface area contributed by atoms with Gasteiger partial charge in [0.05, 0.1) is 6.54 Å². The van der Waals surface area contributed by atoms with Crippen molar-refractivity contribution in [2.45, 2.75) is 27.7 Å². The highest BCUT2D eigenvalue weighted by molar-refractivity contribution is 5.88. The summed E-state index contributed by atoms with van der Waals surface area (Å²) in [4.78, 5) is 21.6. The molecule has 0 saturated heterocycles. The molecule has 0 unspecified atom stereocenters. The van der Waals surface area contributed by atoms with Crippen LogP contribution in [-0.2, 0) is 9.59 Å². The predicted octanol–water partition coefficient (Wildman–Crippen LogP) is 0.984. The second kappa shape index (κ2) is 3.51. The minimum absolute atomic E-state index is 0. The lowest BCUT2D eigenvalue weighted by Crippen LogP contribution is -2.34. The van der Waals surface area contributed by atoms with Crippen LogP contribution in [0.15, 0.2) is 0 Å². The van der Waals surface area contributed by atoms with Gasteiger partial charge in [0.1, 0.15) is 0 Å². The lowest BCUT2D eigenvalue weighted by Gasteiger charge is -2.15. The topological polar surface area (TPSA) is 46.2 Å². The van der Waals surface area contributed by atoms with Gasteiger partial charge in [-0.3, -0.25) is 9.59 Å². The molecule has 3 nitrogen and oxygen atoms in total. The van der Waals surface area contributed by atoms with Crippen LogP contribution in [0.5, 0.6) is 0 Å². The summed E-state index contributed by atoms with van der Waals surface area (Å²) in [5.74, 6) is -0.115. The third kappa shape index (κ3) is 4.53. The van der Waals surface area contributed by atoms with Crippen molar-refractivity contribution in [1.29, 1.82) is 0 Å². The standard InChI is InChI=1S/C8H15NO2.H2/c1-6(10)9-5-7(11)8(2,3)4;/h5H2,1-4H3,(H,9,10);1H. The molecular weight excluding hydrogens is 142 g/mol.